The van der Waals surface area contributed by atoms with E-state index in [9.17, 15) is 13.2 Å². The lowest BCUT2D eigenvalue weighted by Crippen LogP contribution is -2.35. The molecule has 3 heterocycles. The van der Waals surface area contributed by atoms with Gasteiger partial charge in [-0.05, 0) is 48.6 Å². The molecular formula is C20H23N5O3S3. The molecule has 1 saturated heterocycles. The highest BCUT2D eigenvalue weighted by atomic mass is 32.2. The van der Waals surface area contributed by atoms with Gasteiger partial charge in [-0.2, -0.15) is 4.31 Å². The molecule has 1 aliphatic rings. The number of carbonyl (C=O) groups is 1. The maximum absolute atomic E-state index is 12.7. The van der Waals surface area contributed by atoms with Crippen molar-refractivity contribution < 1.29 is 13.2 Å². The van der Waals surface area contributed by atoms with Crippen LogP contribution in [0.25, 0.3) is 0 Å². The minimum Gasteiger partial charge on any atom is -0.325 e. The third-order valence-electron chi connectivity index (χ3n) is 4.86. The van der Waals surface area contributed by atoms with Crippen molar-refractivity contribution in [3.8, 4) is 0 Å². The molecule has 0 aliphatic carbocycles. The van der Waals surface area contributed by atoms with Crippen LogP contribution in [-0.4, -0.2) is 52.7 Å². The molecule has 0 radical (unpaired) electrons. The van der Waals surface area contributed by atoms with E-state index in [1.165, 1.54) is 20.9 Å². The quantitative estimate of drug-likeness (QED) is 0.482. The summed E-state index contributed by atoms with van der Waals surface area (Å²) in [6.45, 7) is 1.13. The number of rotatable bonds is 8. The summed E-state index contributed by atoms with van der Waals surface area (Å²) < 4.78 is 26.9. The number of H-pyrrole nitrogens is 1. The van der Waals surface area contributed by atoms with Crippen LogP contribution in [0.3, 0.4) is 0 Å². The van der Waals surface area contributed by atoms with Crippen molar-refractivity contribution in [3.05, 3.63) is 52.5 Å². The Labute approximate surface area is 189 Å². The number of hydrogen-bond acceptors (Lipinski definition) is 7. The summed E-state index contributed by atoms with van der Waals surface area (Å²) in [5.41, 5.74) is 0.552. The molecule has 3 aromatic rings. The average molecular weight is 478 g/mol. The van der Waals surface area contributed by atoms with Gasteiger partial charge in [-0.15, -0.1) is 16.4 Å². The van der Waals surface area contributed by atoms with E-state index >= 15 is 0 Å². The van der Waals surface area contributed by atoms with E-state index in [-0.39, 0.29) is 16.6 Å². The Bertz CT molecular complexity index is 1110. The number of nitrogens with zero attached hydrogens (tertiary/aromatic N) is 3. The summed E-state index contributed by atoms with van der Waals surface area (Å²) in [6.07, 6.45) is 3.54. The van der Waals surface area contributed by atoms with Crippen LogP contribution in [0.4, 0.5) is 5.69 Å². The molecule has 2 N–H and O–H groups in total. The maximum atomic E-state index is 12.7. The third-order valence-corrected chi connectivity index (χ3v) is 8.49. The van der Waals surface area contributed by atoms with Gasteiger partial charge in [0.05, 0.1) is 10.6 Å². The molecule has 2 aromatic heterocycles. The number of sulfonamides is 1. The first-order chi connectivity index (χ1) is 15.0. The van der Waals surface area contributed by atoms with Gasteiger partial charge >= 0.3 is 0 Å². The largest absolute Gasteiger partial charge is 0.325 e. The number of aromatic nitrogens is 3. The fourth-order valence-corrected chi connectivity index (χ4v) is 6.13. The molecule has 8 nitrogen and oxygen atoms in total. The fraction of sp³-hybridized carbons (Fsp3) is 0.350. The highest BCUT2D eigenvalue weighted by molar-refractivity contribution is 7.99. The Morgan fingerprint density at radius 1 is 1.16 bits per heavy atom. The van der Waals surface area contributed by atoms with E-state index in [2.05, 4.69) is 20.5 Å². The molecule has 31 heavy (non-hydrogen) atoms. The van der Waals surface area contributed by atoms with Crippen LogP contribution >= 0.6 is 23.1 Å². The van der Waals surface area contributed by atoms with Crippen molar-refractivity contribution in [2.75, 3.05) is 24.2 Å². The molecular weight excluding hydrogens is 454 g/mol. The van der Waals surface area contributed by atoms with Gasteiger partial charge in [-0.25, -0.2) is 13.4 Å². The van der Waals surface area contributed by atoms with Gasteiger partial charge in [-0.3, -0.25) is 9.89 Å². The van der Waals surface area contributed by atoms with E-state index in [0.717, 1.165) is 25.1 Å². The van der Waals surface area contributed by atoms with E-state index in [0.29, 0.717) is 30.4 Å². The van der Waals surface area contributed by atoms with Crippen molar-refractivity contribution in [1.29, 1.82) is 0 Å². The van der Waals surface area contributed by atoms with Crippen LogP contribution in [-0.2, 0) is 21.2 Å². The number of carbonyl (C=O) groups excluding carboxylic acids is 1. The predicted molar refractivity (Wildman–Crippen MR) is 122 cm³/mol. The molecule has 4 rings (SSSR count). The van der Waals surface area contributed by atoms with Gasteiger partial charge in [0.1, 0.15) is 5.82 Å². The molecule has 0 unspecified atom stereocenters. The van der Waals surface area contributed by atoms with Gasteiger partial charge in [0.25, 0.3) is 0 Å². The standard InChI is InChI=1S/C20H23N5O3S3/c26-19(14-30-20-22-18(23-24-20)13-16-5-4-12-29-16)21-15-6-8-17(9-7-15)31(27,28)25-10-2-1-3-11-25/h4-9,12H,1-3,10-11,13-14H2,(H,21,26)(H,22,23,24). The molecule has 11 heteroatoms. The molecule has 1 amide bonds. The van der Waals surface area contributed by atoms with Gasteiger partial charge < -0.3 is 5.32 Å². The summed E-state index contributed by atoms with van der Waals surface area (Å²) in [7, 11) is -3.47. The number of piperidine rings is 1. The van der Waals surface area contributed by atoms with Crippen LogP contribution in [0.1, 0.15) is 30.0 Å². The van der Waals surface area contributed by atoms with Crippen LogP contribution in [0.5, 0.6) is 0 Å². The van der Waals surface area contributed by atoms with Gasteiger partial charge in [0.15, 0.2) is 0 Å². The third kappa shape index (κ3) is 5.73. The molecule has 0 saturated carbocycles. The minimum absolute atomic E-state index is 0.157. The first kappa shape index (κ1) is 22.0. The van der Waals surface area contributed by atoms with Crippen molar-refractivity contribution in [1.82, 2.24) is 19.5 Å². The molecule has 0 bridgehead atoms. The zero-order chi connectivity index (χ0) is 21.7. The van der Waals surface area contributed by atoms with Crippen LogP contribution in [0.15, 0.2) is 51.8 Å². The first-order valence-electron chi connectivity index (χ1n) is 9.97. The molecule has 1 aliphatic heterocycles. The van der Waals surface area contributed by atoms with Gasteiger partial charge in [-0.1, -0.05) is 24.2 Å². The smallest absolute Gasteiger partial charge is 0.243 e. The van der Waals surface area contributed by atoms with E-state index in [1.54, 1.807) is 35.6 Å². The first-order valence-corrected chi connectivity index (χ1v) is 13.3. The zero-order valence-corrected chi connectivity index (χ0v) is 19.2. The number of amides is 1. The number of aromatic amines is 1. The summed E-state index contributed by atoms with van der Waals surface area (Å²) in [4.78, 5) is 18.1. The molecule has 0 atom stereocenters. The van der Waals surface area contributed by atoms with E-state index in [1.807, 2.05) is 17.5 Å². The highest BCUT2D eigenvalue weighted by Crippen LogP contribution is 2.22. The summed E-state index contributed by atoms with van der Waals surface area (Å²) in [6, 6.07) is 10.3. The van der Waals surface area contributed by atoms with Crippen LogP contribution in [0, 0.1) is 0 Å². The Morgan fingerprint density at radius 2 is 1.94 bits per heavy atom. The number of benzene rings is 1. The lowest BCUT2D eigenvalue weighted by Gasteiger charge is -2.25. The Morgan fingerprint density at radius 3 is 2.65 bits per heavy atom. The Hall–Kier alpha value is -2.21. The lowest BCUT2D eigenvalue weighted by molar-refractivity contribution is -0.113. The Balaban J connectivity index is 1.28. The van der Waals surface area contributed by atoms with Crippen molar-refractivity contribution in [3.63, 3.8) is 0 Å². The van der Waals surface area contributed by atoms with Crippen molar-refractivity contribution >= 4 is 44.7 Å². The summed E-state index contributed by atoms with van der Waals surface area (Å²) >= 11 is 2.90. The predicted octanol–water partition coefficient (Wildman–Crippen LogP) is 3.36. The second-order valence-corrected chi connectivity index (χ2v) is 11.1. The fourth-order valence-electron chi connectivity index (χ4n) is 3.29. The normalized spacial score (nSPS) is 15.1. The molecule has 0 spiro atoms. The minimum atomic E-state index is -3.47. The monoisotopic (exact) mass is 477 g/mol. The van der Waals surface area contributed by atoms with E-state index in [4.69, 9.17) is 0 Å². The van der Waals surface area contributed by atoms with Crippen molar-refractivity contribution in [2.45, 2.75) is 35.7 Å². The number of nitrogens with one attached hydrogen (secondary N) is 2. The number of thioether (sulfide) groups is 1. The van der Waals surface area contributed by atoms with Gasteiger partial charge in [0, 0.05) is 30.1 Å². The molecule has 1 fully saturated rings. The second-order valence-electron chi connectivity index (χ2n) is 7.15. The van der Waals surface area contributed by atoms with Crippen molar-refractivity contribution in [2.24, 2.45) is 0 Å². The van der Waals surface area contributed by atoms with Crippen LogP contribution < -0.4 is 5.32 Å². The van der Waals surface area contributed by atoms with E-state index < -0.39 is 10.0 Å². The highest BCUT2D eigenvalue weighted by Gasteiger charge is 2.25. The molecule has 1 aromatic carbocycles. The maximum Gasteiger partial charge on any atom is 0.243 e. The average Bonchev–Trinajstić information content (AvgIpc) is 3.46. The summed E-state index contributed by atoms with van der Waals surface area (Å²) in [5, 5.41) is 12.4. The van der Waals surface area contributed by atoms with Crippen LogP contribution in [0.2, 0.25) is 0 Å². The summed E-state index contributed by atoms with van der Waals surface area (Å²) in [5.74, 6) is 0.710. The molecule has 164 valence electrons. The number of anilines is 1. The number of hydrogen-bond donors (Lipinski definition) is 2. The topological polar surface area (TPSA) is 108 Å². The zero-order valence-electron chi connectivity index (χ0n) is 16.8. The SMILES string of the molecule is O=C(CSc1n[nH]c(Cc2cccs2)n1)Nc1ccc(S(=O)(=O)N2CCCCC2)cc1. The van der Waals surface area contributed by atoms with Gasteiger partial charge in [0.2, 0.25) is 21.1 Å². The number of thiophene rings is 1. The Kier molecular flexibility index (Phi) is 7.06. The lowest BCUT2D eigenvalue weighted by atomic mass is 10.2. The second kappa shape index (κ2) is 9.94.